The SMILES string of the molecule is COc1ccc2c(c1)C[C@@H]1[C@@H]3CCCC[C@]23CCN1CC1CC1. The van der Waals surface area contributed by atoms with Gasteiger partial charge < -0.3 is 4.74 Å². The number of piperidine rings is 1. The summed E-state index contributed by atoms with van der Waals surface area (Å²) in [5.41, 5.74) is 3.77. The lowest BCUT2D eigenvalue weighted by atomic mass is 9.52. The van der Waals surface area contributed by atoms with Gasteiger partial charge in [0.05, 0.1) is 7.11 Å². The molecule has 2 bridgehead atoms. The van der Waals surface area contributed by atoms with Crippen LogP contribution in [0.25, 0.3) is 0 Å². The first-order chi connectivity index (χ1) is 11.3. The molecule has 1 heterocycles. The molecule has 0 N–H and O–H groups in total. The first-order valence-corrected chi connectivity index (χ1v) is 9.71. The van der Waals surface area contributed by atoms with Gasteiger partial charge in [-0.25, -0.2) is 0 Å². The molecule has 0 spiro atoms. The van der Waals surface area contributed by atoms with Crippen molar-refractivity contribution >= 4 is 0 Å². The summed E-state index contributed by atoms with van der Waals surface area (Å²) in [5, 5.41) is 0. The zero-order chi connectivity index (χ0) is 15.4. The molecule has 1 aromatic rings. The van der Waals surface area contributed by atoms with Crippen LogP contribution < -0.4 is 4.74 Å². The second-order valence-corrected chi connectivity index (χ2v) is 8.49. The maximum Gasteiger partial charge on any atom is 0.119 e. The van der Waals surface area contributed by atoms with Crippen LogP contribution in [-0.4, -0.2) is 31.1 Å². The van der Waals surface area contributed by atoms with Gasteiger partial charge in [-0.2, -0.15) is 0 Å². The van der Waals surface area contributed by atoms with E-state index in [0.717, 1.165) is 23.6 Å². The molecular weight excluding hydrogens is 282 g/mol. The number of methoxy groups -OCH3 is 1. The van der Waals surface area contributed by atoms with Crippen LogP contribution in [0.5, 0.6) is 5.75 Å². The van der Waals surface area contributed by atoms with E-state index in [2.05, 4.69) is 23.1 Å². The molecule has 0 unspecified atom stereocenters. The number of nitrogens with zero attached hydrogens (tertiary/aromatic N) is 1. The van der Waals surface area contributed by atoms with Crippen LogP contribution in [0.15, 0.2) is 18.2 Å². The quantitative estimate of drug-likeness (QED) is 0.831. The number of likely N-dealkylation sites (tertiary alicyclic amines) is 1. The Bertz CT molecular complexity index is 608. The smallest absolute Gasteiger partial charge is 0.119 e. The normalized spacial score (nSPS) is 36.2. The van der Waals surface area contributed by atoms with Gasteiger partial charge in [-0.15, -0.1) is 0 Å². The average Bonchev–Trinajstić information content (AvgIpc) is 3.41. The third-order valence-corrected chi connectivity index (χ3v) is 7.34. The summed E-state index contributed by atoms with van der Waals surface area (Å²) in [5.74, 6) is 2.96. The highest BCUT2D eigenvalue weighted by atomic mass is 16.5. The van der Waals surface area contributed by atoms with Crippen LogP contribution in [-0.2, 0) is 11.8 Å². The minimum atomic E-state index is 0.489. The molecular formula is C21H29NO. The Labute approximate surface area is 140 Å². The molecule has 23 heavy (non-hydrogen) atoms. The molecule has 5 rings (SSSR count). The highest BCUT2D eigenvalue weighted by Gasteiger charge is 2.54. The van der Waals surface area contributed by atoms with Gasteiger partial charge in [-0.3, -0.25) is 4.90 Å². The lowest BCUT2D eigenvalue weighted by molar-refractivity contribution is -0.0134. The predicted molar refractivity (Wildman–Crippen MR) is 93.0 cm³/mol. The van der Waals surface area contributed by atoms with E-state index in [1.54, 1.807) is 18.2 Å². The van der Waals surface area contributed by atoms with Gasteiger partial charge in [0.15, 0.2) is 0 Å². The lowest BCUT2D eigenvalue weighted by Gasteiger charge is -2.59. The van der Waals surface area contributed by atoms with Crippen molar-refractivity contribution in [1.82, 2.24) is 4.90 Å². The Morgan fingerprint density at radius 1 is 1.17 bits per heavy atom. The van der Waals surface area contributed by atoms with Gasteiger partial charge >= 0.3 is 0 Å². The number of benzene rings is 1. The summed E-state index contributed by atoms with van der Waals surface area (Å²) in [6.45, 7) is 2.71. The van der Waals surface area contributed by atoms with Gasteiger partial charge in [-0.05, 0) is 80.2 Å². The molecule has 0 radical (unpaired) electrons. The Kier molecular flexibility index (Phi) is 3.27. The van der Waals surface area contributed by atoms with Crippen LogP contribution in [0.3, 0.4) is 0 Å². The fourth-order valence-corrected chi connectivity index (χ4v) is 6.08. The van der Waals surface area contributed by atoms with E-state index in [4.69, 9.17) is 4.74 Å². The highest BCUT2D eigenvalue weighted by Crippen LogP contribution is 2.56. The van der Waals surface area contributed by atoms with Crippen molar-refractivity contribution in [2.75, 3.05) is 20.2 Å². The topological polar surface area (TPSA) is 12.5 Å². The third-order valence-electron chi connectivity index (χ3n) is 7.34. The van der Waals surface area contributed by atoms with Crippen molar-refractivity contribution in [2.45, 2.75) is 62.8 Å². The zero-order valence-corrected chi connectivity index (χ0v) is 14.4. The second-order valence-electron chi connectivity index (χ2n) is 8.49. The van der Waals surface area contributed by atoms with Crippen LogP contribution in [0.2, 0.25) is 0 Å². The van der Waals surface area contributed by atoms with Gasteiger partial charge in [0.1, 0.15) is 5.75 Å². The Hall–Kier alpha value is -1.02. The van der Waals surface area contributed by atoms with Gasteiger partial charge in [0.2, 0.25) is 0 Å². The molecule has 4 aliphatic rings. The van der Waals surface area contributed by atoms with Crippen molar-refractivity contribution in [3.63, 3.8) is 0 Å². The summed E-state index contributed by atoms with van der Waals surface area (Å²) in [4.78, 5) is 2.88. The molecule has 3 atom stereocenters. The first-order valence-electron chi connectivity index (χ1n) is 9.71. The summed E-state index contributed by atoms with van der Waals surface area (Å²) in [7, 11) is 1.80. The number of ether oxygens (including phenoxy) is 1. The molecule has 0 aromatic heterocycles. The number of fused-ring (bicyclic) bond motifs is 1. The van der Waals surface area contributed by atoms with Crippen molar-refractivity contribution in [3.8, 4) is 5.75 Å². The van der Waals surface area contributed by atoms with Crippen molar-refractivity contribution in [2.24, 2.45) is 11.8 Å². The van der Waals surface area contributed by atoms with Crippen LogP contribution in [0.4, 0.5) is 0 Å². The van der Waals surface area contributed by atoms with Gasteiger partial charge in [0, 0.05) is 18.0 Å². The van der Waals surface area contributed by atoms with E-state index in [9.17, 15) is 0 Å². The maximum atomic E-state index is 5.52. The van der Waals surface area contributed by atoms with Crippen molar-refractivity contribution < 1.29 is 4.74 Å². The van der Waals surface area contributed by atoms with E-state index in [1.165, 1.54) is 64.5 Å². The number of hydrogen-bond donors (Lipinski definition) is 0. The molecule has 1 saturated heterocycles. The summed E-state index contributed by atoms with van der Waals surface area (Å²) < 4.78 is 5.52. The van der Waals surface area contributed by atoms with Gasteiger partial charge in [-0.1, -0.05) is 18.9 Å². The van der Waals surface area contributed by atoms with Gasteiger partial charge in [0.25, 0.3) is 0 Å². The fourth-order valence-electron chi connectivity index (χ4n) is 6.08. The highest BCUT2D eigenvalue weighted by molar-refractivity contribution is 5.45. The Balaban J connectivity index is 1.57. The minimum Gasteiger partial charge on any atom is -0.497 e. The van der Waals surface area contributed by atoms with E-state index >= 15 is 0 Å². The van der Waals surface area contributed by atoms with Crippen LogP contribution in [0, 0.1) is 11.8 Å². The van der Waals surface area contributed by atoms with E-state index < -0.39 is 0 Å². The van der Waals surface area contributed by atoms with Crippen molar-refractivity contribution in [1.29, 1.82) is 0 Å². The molecule has 1 aliphatic heterocycles. The zero-order valence-electron chi connectivity index (χ0n) is 14.4. The average molecular weight is 311 g/mol. The molecule has 3 fully saturated rings. The lowest BCUT2D eigenvalue weighted by Crippen LogP contribution is -2.61. The van der Waals surface area contributed by atoms with Crippen LogP contribution in [0.1, 0.15) is 56.1 Å². The minimum absolute atomic E-state index is 0.489. The van der Waals surface area contributed by atoms with Crippen LogP contribution >= 0.6 is 0 Å². The summed E-state index contributed by atoms with van der Waals surface area (Å²) >= 11 is 0. The number of rotatable bonds is 3. The Morgan fingerprint density at radius 2 is 2.09 bits per heavy atom. The molecule has 0 amide bonds. The number of hydrogen-bond acceptors (Lipinski definition) is 2. The second kappa shape index (κ2) is 5.24. The Morgan fingerprint density at radius 3 is 2.91 bits per heavy atom. The first kappa shape index (κ1) is 14.3. The van der Waals surface area contributed by atoms with Crippen molar-refractivity contribution in [3.05, 3.63) is 29.3 Å². The summed E-state index contributed by atoms with van der Waals surface area (Å²) in [6, 6.07) is 7.76. The predicted octanol–water partition coefficient (Wildman–Crippen LogP) is 4.16. The van der Waals surface area contributed by atoms with E-state index in [-0.39, 0.29) is 0 Å². The molecule has 2 saturated carbocycles. The molecule has 2 nitrogen and oxygen atoms in total. The van der Waals surface area contributed by atoms with E-state index in [1.807, 2.05) is 0 Å². The van der Waals surface area contributed by atoms with E-state index in [0.29, 0.717) is 5.41 Å². The summed E-state index contributed by atoms with van der Waals surface area (Å²) in [6.07, 6.45) is 11.4. The monoisotopic (exact) mass is 311 g/mol. The molecule has 1 aromatic carbocycles. The maximum absolute atomic E-state index is 5.52. The molecule has 2 heteroatoms. The fraction of sp³-hybridized carbons (Fsp3) is 0.714. The standard InChI is InChI=1S/C21H29NO/c1-23-17-7-8-18-16(12-17)13-20-19-4-2-3-9-21(18,19)10-11-22(20)14-15-5-6-15/h7-8,12,15,19-20H,2-6,9-11,13-14H2,1H3/t19-,20+,21-/m0/s1. The molecule has 124 valence electrons. The largest absolute Gasteiger partial charge is 0.497 e. The molecule has 3 aliphatic carbocycles. The third kappa shape index (κ3) is 2.17.